The molecule has 3 aromatic rings. The average molecular weight is 432 g/mol. The number of hydrogen-bond acceptors (Lipinski definition) is 3. The topological polar surface area (TPSA) is 78.0 Å². The summed E-state index contributed by atoms with van der Waals surface area (Å²) in [6.45, 7) is 11.2. The Morgan fingerprint density at radius 3 is 2.44 bits per heavy atom. The first-order valence-electron chi connectivity index (χ1n) is 10.5. The molecular weight excluding hydrogens is 398 g/mol. The Balaban J connectivity index is 0.000000486. The van der Waals surface area contributed by atoms with Crippen LogP contribution in [0.5, 0.6) is 5.75 Å². The molecule has 0 spiro atoms. The Morgan fingerprint density at radius 2 is 1.84 bits per heavy atom. The molecule has 1 aromatic heterocycles. The van der Waals surface area contributed by atoms with Gasteiger partial charge in [-0.2, -0.15) is 5.10 Å². The van der Waals surface area contributed by atoms with Crippen LogP contribution in [-0.4, -0.2) is 21.2 Å². The van der Waals surface area contributed by atoms with E-state index >= 15 is 0 Å². The monoisotopic (exact) mass is 431 g/mol. The van der Waals surface area contributed by atoms with Gasteiger partial charge in [-0.3, -0.25) is 9.89 Å². The minimum atomic E-state index is -0.244. The highest BCUT2D eigenvalue weighted by Crippen LogP contribution is 2.21. The Kier molecular flexibility index (Phi) is 12.3. The number of benzene rings is 2. The number of fused-ring (bicyclic) bond motifs is 1. The van der Waals surface area contributed by atoms with Gasteiger partial charge in [-0.1, -0.05) is 61.6 Å². The zero-order chi connectivity index (χ0) is 23.8. The summed E-state index contributed by atoms with van der Waals surface area (Å²) in [5.74, 6) is 0.00319. The van der Waals surface area contributed by atoms with Crippen molar-refractivity contribution in [2.45, 2.75) is 34.1 Å². The van der Waals surface area contributed by atoms with Crippen LogP contribution in [0.4, 0.5) is 5.69 Å². The molecule has 0 saturated heterocycles. The number of rotatable bonds is 5. The second kappa shape index (κ2) is 15.0. The molecule has 0 atom stereocenters. The van der Waals surface area contributed by atoms with Crippen LogP contribution in [-0.2, 0) is 11.2 Å². The van der Waals surface area contributed by atoms with Gasteiger partial charge in [-0.25, -0.2) is 0 Å². The summed E-state index contributed by atoms with van der Waals surface area (Å²) in [4.78, 5) is 12.1. The Hall–Kier alpha value is -3.86. The molecule has 32 heavy (non-hydrogen) atoms. The number of anilines is 1. The summed E-state index contributed by atoms with van der Waals surface area (Å²) < 4.78 is 0. The number of carbonyl (C=O) groups is 1. The number of aromatic nitrogens is 2. The molecule has 2 aromatic carbocycles. The third-order valence-corrected chi connectivity index (χ3v) is 4.15. The van der Waals surface area contributed by atoms with Crippen LogP contribution in [0.1, 0.15) is 38.8 Å². The largest absolute Gasteiger partial charge is 0.508 e. The molecule has 1 amide bonds. The van der Waals surface area contributed by atoms with Gasteiger partial charge in [0.1, 0.15) is 5.75 Å². The lowest BCUT2D eigenvalue weighted by molar-refractivity contribution is -0.111. The molecule has 5 heteroatoms. The molecule has 1 heterocycles. The highest BCUT2D eigenvalue weighted by atomic mass is 16.3. The number of amides is 1. The van der Waals surface area contributed by atoms with Gasteiger partial charge in [-0.15, -0.1) is 6.58 Å². The molecule has 0 saturated carbocycles. The number of aromatic amines is 1. The Bertz CT molecular complexity index is 1070. The van der Waals surface area contributed by atoms with Crippen molar-refractivity contribution in [3.8, 4) is 5.75 Å². The van der Waals surface area contributed by atoms with Crippen LogP contribution in [0.15, 0.2) is 85.6 Å². The summed E-state index contributed by atoms with van der Waals surface area (Å²) in [7, 11) is 0. The van der Waals surface area contributed by atoms with E-state index in [9.17, 15) is 9.90 Å². The zero-order valence-corrected chi connectivity index (χ0v) is 19.3. The maximum Gasteiger partial charge on any atom is 0.248 e. The van der Waals surface area contributed by atoms with Gasteiger partial charge in [0.2, 0.25) is 5.91 Å². The van der Waals surface area contributed by atoms with E-state index in [2.05, 4.69) is 22.1 Å². The minimum Gasteiger partial charge on any atom is -0.508 e. The van der Waals surface area contributed by atoms with E-state index < -0.39 is 0 Å². The van der Waals surface area contributed by atoms with E-state index in [0.717, 1.165) is 28.5 Å². The van der Waals surface area contributed by atoms with Crippen molar-refractivity contribution in [3.63, 3.8) is 0 Å². The number of nitrogens with one attached hydrogen (secondary N) is 2. The first kappa shape index (κ1) is 26.2. The van der Waals surface area contributed by atoms with Gasteiger partial charge in [0.25, 0.3) is 0 Å². The van der Waals surface area contributed by atoms with Gasteiger partial charge >= 0.3 is 0 Å². The van der Waals surface area contributed by atoms with Crippen molar-refractivity contribution in [2.24, 2.45) is 0 Å². The second-order valence-corrected chi connectivity index (χ2v) is 6.66. The molecule has 0 fully saturated rings. The van der Waals surface area contributed by atoms with Gasteiger partial charge in [0.05, 0.1) is 17.4 Å². The third-order valence-electron chi connectivity index (χ3n) is 4.15. The van der Waals surface area contributed by atoms with E-state index in [4.69, 9.17) is 0 Å². The van der Waals surface area contributed by atoms with Crippen LogP contribution >= 0.6 is 0 Å². The number of phenols is 1. The number of aryl methyl sites for hydroxylation is 1. The van der Waals surface area contributed by atoms with E-state index in [-0.39, 0.29) is 11.7 Å². The Morgan fingerprint density at radius 1 is 1.16 bits per heavy atom. The molecule has 0 radical (unpaired) electrons. The number of aromatic hydroxyl groups is 1. The molecule has 168 valence electrons. The maximum atomic E-state index is 12.1. The summed E-state index contributed by atoms with van der Waals surface area (Å²) in [6.07, 6.45) is 15.3. The summed E-state index contributed by atoms with van der Waals surface area (Å²) in [5.41, 5.74) is 3.13. The fraction of sp³-hybridized carbons (Fsp3) is 0.185. The fourth-order valence-electron chi connectivity index (χ4n) is 2.63. The lowest BCUT2D eigenvalue weighted by Crippen LogP contribution is -2.08. The van der Waals surface area contributed by atoms with Gasteiger partial charge in [-0.05, 0) is 56.5 Å². The maximum absolute atomic E-state index is 12.1. The normalized spacial score (nSPS) is 10.6. The molecule has 0 aliphatic carbocycles. The smallest absolute Gasteiger partial charge is 0.248 e. The molecule has 5 nitrogen and oxygen atoms in total. The SMILES string of the molecule is C/C=C\C=C\C.C=CC.CCc1ccc(/C=C/C(=O)Nc2cccc3cn[nH]c23)cc1O. The molecule has 3 rings (SSSR count). The van der Waals surface area contributed by atoms with E-state index in [0.29, 0.717) is 5.69 Å². The highest BCUT2D eigenvalue weighted by molar-refractivity contribution is 6.06. The quantitative estimate of drug-likeness (QED) is 0.236. The number of para-hydroxylation sites is 1. The fourth-order valence-corrected chi connectivity index (χ4v) is 2.63. The van der Waals surface area contributed by atoms with Crippen LogP contribution in [0.3, 0.4) is 0 Å². The predicted molar refractivity (Wildman–Crippen MR) is 137 cm³/mol. The van der Waals surface area contributed by atoms with Crippen molar-refractivity contribution < 1.29 is 9.90 Å². The first-order chi connectivity index (χ1) is 15.5. The Labute approximate surface area is 190 Å². The number of carbonyl (C=O) groups excluding carboxylic acids is 1. The van der Waals surface area contributed by atoms with Gasteiger partial charge < -0.3 is 10.4 Å². The van der Waals surface area contributed by atoms with Crippen LogP contribution < -0.4 is 5.32 Å². The van der Waals surface area contributed by atoms with Gasteiger partial charge in [0, 0.05) is 11.5 Å². The van der Waals surface area contributed by atoms with Crippen LogP contribution in [0.25, 0.3) is 17.0 Å². The average Bonchev–Trinajstić information content (AvgIpc) is 3.27. The van der Waals surface area contributed by atoms with Crippen LogP contribution in [0, 0.1) is 0 Å². The standard InChI is InChI=1S/C18H17N3O2.C6H10.C3H6/c1-2-13-8-6-12(10-16(13)22)7-9-17(23)20-15-5-3-4-14-11-19-21-18(14)15;1-3-5-6-4-2;1-3-2/h3-11,22H,2H2,1H3,(H,19,21)(H,20,23);3-6H,1-2H3;3H,1H2,2H3/b9-7+;5-3-,6-4+;. The summed E-state index contributed by atoms with van der Waals surface area (Å²) >= 11 is 0. The molecule has 3 N–H and O–H groups in total. The summed E-state index contributed by atoms with van der Waals surface area (Å²) in [6, 6.07) is 11.0. The molecule has 0 bridgehead atoms. The lowest BCUT2D eigenvalue weighted by atomic mass is 10.1. The zero-order valence-electron chi connectivity index (χ0n) is 19.3. The number of allylic oxidation sites excluding steroid dienone is 5. The van der Waals surface area contributed by atoms with Crippen molar-refractivity contribution in [1.29, 1.82) is 0 Å². The van der Waals surface area contributed by atoms with E-state index in [1.54, 1.807) is 24.4 Å². The molecule has 0 aliphatic heterocycles. The lowest BCUT2D eigenvalue weighted by Gasteiger charge is -2.04. The number of hydrogen-bond donors (Lipinski definition) is 3. The second-order valence-electron chi connectivity index (χ2n) is 6.66. The molecule has 0 unspecified atom stereocenters. The van der Waals surface area contributed by atoms with Crippen LogP contribution in [0.2, 0.25) is 0 Å². The van der Waals surface area contributed by atoms with Crippen molar-refractivity contribution in [1.82, 2.24) is 10.2 Å². The van der Waals surface area contributed by atoms with E-state index in [1.165, 1.54) is 6.08 Å². The number of phenolic OH excluding ortho intramolecular Hbond substituents is 1. The number of H-pyrrole nitrogens is 1. The highest BCUT2D eigenvalue weighted by Gasteiger charge is 2.05. The third kappa shape index (κ3) is 8.88. The molecule has 0 aliphatic rings. The van der Waals surface area contributed by atoms with Crippen molar-refractivity contribution in [2.75, 3.05) is 5.32 Å². The van der Waals surface area contributed by atoms with E-state index in [1.807, 2.05) is 82.3 Å². The van der Waals surface area contributed by atoms with Gasteiger partial charge in [0.15, 0.2) is 0 Å². The molecular formula is C27H33N3O2. The predicted octanol–water partition coefficient (Wildman–Crippen LogP) is 6.81. The minimum absolute atomic E-state index is 0.244. The number of nitrogens with zero attached hydrogens (tertiary/aromatic N) is 1. The summed E-state index contributed by atoms with van der Waals surface area (Å²) in [5, 5.41) is 20.4. The van der Waals surface area contributed by atoms with Crippen molar-refractivity contribution >= 4 is 28.6 Å². The first-order valence-corrected chi connectivity index (χ1v) is 10.5. The van der Waals surface area contributed by atoms with Crippen molar-refractivity contribution in [3.05, 3.63) is 96.8 Å².